The van der Waals surface area contributed by atoms with E-state index in [9.17, 15) is 13.2 Å². The van der Waals surface area contributed by atoms with Crippen molar-refractivity contribution in [2.24, 2.45) is 0 Å². The maximum Gasteiger partial charge on any atom is 0.490 e. The number of alkyl halides is 3. The molecule has 12 heteroatoms. The molecule has 5 rings (SSSR count). The van der Waals surface area contributed by atoms with Crippen molar-refractivity contribution in [3.8, 4) is 11.5 Å². The minimum atomic E-state index is -5.08. The molecule has 174 valence electrons. The minimum Gasteiger partial charge on any atom is -0.475 e. The number of likely N-dealkylation sites (tertiary alicyclic amines) is 1. The van der Waals surface area contributed by atoms with Gasteiger partial charge < -0.3 is 23.8 Å². The number of hydrogen-bond donors (Lipinski definition) is 1. The number of rotatable bonds is 3. The lowest BCUT2D eigenvalue weighted by Gasteiger charge is -2.39. The smallest absolute Gasteiger partial charge is 0.475 e. The van der Waals surface area contributed by atoms with Crippen LogP contribution in [0.3, 0.4) is 0 Å². The quantitative estimate of drug-likeness (QED) is 0.744. The van der Waals surface area contributed by atoms with E-state index in [4.69, 9.17) is 28.6 Å². The van der Waals surface area contributed by atoms with Crippen LogP contribution in [0.15, 0.2) is 22.7 Å². The van der Waals surface area contributed by atoms with Gasteiger partial charge in [0.05, 0.1) is 12.0 Å². The molecule has 0 unspecified atom stereocenters. The normalized spacial score (nSPS) is 24.6. The Hall–Kier alpha value is -2.86. The molecule has 1 aromatic heterocycles. The maximum absolute atomic E-state index is 10.6. The van der Waals surface area contributed by atoms with E-state index in [2.05, 4.69) is 27.2 Å². The molecule has 3 atom stereocenters. The molecular weight excluding hydrogens is 435 g/mol. The van der Waals surface area contributed by atoms with Gasteiger partial charge in [0, 0.05) is 25.7 Å². The van der Waals surface area contributed by atoms with Gasteiger partial charge >= 0.3 is 12.1 Å². The Morgan fingerprint density at radius 3 is 2.72 bits per heavy atom. The first-order valence-corrected chi connectivity index (χ1v) is 10.0. The molecule has 0 radical (unpaired) electrons. The number of halogens is 3. The number of fused-ring (bicyclic) bond motifs is 2. The number of hydrogen-bond acceptors (Lipinski definition) is 8. The van der Waals surface area contributed by atoms with Crippen molar-refractivity contribution in [2.75, 3.05) is 19.9 Å². The van der Waals surface area contributed by atoms with E-state index in [0.29, 0.717) is 18.7 Å². The zero-order valence-electron chi connectivity index (χ0n) is 17.2. The van der Waals surface area contributed by atoms with Crippen molar-refractivity contribution in [1.29, 1.82) is 0 Å². The number of aromatic nitrogens is 2. The average Bonchev–Trinajstić information content (AvgIpc) is 3.47. The molecule has 4 heterocycles. The Morgan fingerprint density at radius 1 is 1.28 bits per heavy atom. The second-order valence-corrected chi connectivity index (χ2v) is 7.80. The van der Waals surface area contributed by atoms with Crippen molar-refractivity contribution in [1.82, 2.24) is 15.0 Å². The molecule has 2 aromatic rings. The number of carboxylic acids is 1. The van der Waals surface area contributed by atoms with Crippen molar-refractivity contribution in [2.45, 2.75) is 50.6 Å². The van der Waals surface area contributed by atoms with E-state index in [1.165, 1.54) is 5.56 Å². The summed E-state index contributed by atoms with van der Waals surface area (Å²) in [6.07, 6.45) is -2.82. The van der Waals surface area contributed by atoms with E-state index in [0.717, 1.165) is 49.9 Å². The minimum absolute atomic E-state index is 0.217. The van der Waals surface area contributed by atoms with Crippen LogP contribution in [0.5, 0.6) is 11.5 Å². The van der Waals surface area contributed by atoms with Crippen LogP contribution in [0.2, 0.25) is 0 Å². The number of carbonyl (C=O) groups is 1. The van der Waals surface area contributed by atoms with Gasteiger partial charge in [-0.3, -0.25) is 4.90 Å². The van der Waals surface area contributed by atoms with E-state index in [-0.39, 0.29) is 12.0 Å². The molecule has 0 spiro atoms. The number of aliphatic carboxylic acids is 1. The Kier molecular flexibility index (Phi) is 6.24. The fraction of sp³-hybridized carbons (Fsp3) is 0.550. The van der Waals surface area contributed by atoms with Gasteiger partial charge in [-0.25, -0.2) is 4.79 Å². The molecule has 3 aliphatic rings. The third kappa shape index (κ3) is 4.96. The first-order valence-electron chi connectivity index (χ1n) is 10.0. The molecule has 0 aliphatic carbocycles. The first-order chi connectivity index (χ1) is 15.2. The van der Waals surface area contributed by atoms with Gasteiger partial charge in [0.2, 0.25) is 12.7 Å². The first kappa shape index (κ1) is 22.3. The van der Waals surface area contributed by atoms with E-state index in [1.807, 2.05) is 13.0 Å². The number of aryl methyl sites for hydroxylation is 1. The number of piperidine rings is 1. The zero-order chi connectivity index (χ0) is 22.9. The van der Waals surface area contributed by atoms with Crippen LogP contribution >= 0.6 is 0 Å². The molecule has 2 fully saturated rings. The summed E-state index contributed by atoms with van der Waals surface area (Å²) in [5.74, 6) is 0.525. The Bertz CT molecular complexity index is 966. The van der Waals surface area contributed by atoms with Gasteiger partial charge in [-0.2, -0.15) is 18.2 Å². The third-order valence-corrected chi connectivity index (χ3v) is 5.57. The van der Waals surface area contributed by atoms with Crippen molar-refractivity contribution < 1.29 is 41.8 Å². The summed E-state index contributed by atoms with van der Waals surface area (Å²) in [7, 11) is 0. The predicted octanol–water partition coefficient (Wildman–Crippen LogP) is 2.89. The Morgan fingerprint density at radius 2 is 2.03 bits per heavy atom. The zero-order valence-corrected chi connectivity index (χ0v) is 17.2. The van der Waals surface area contributed by atoms with Crippen LogP contribution in [-0.4, -0.2) is 64.4 Å². The van der Waals surface area contributed by atoms with Gasteiger partial charge in [0.1, 0.15) is 0 Å². The number of benzene rings is 1. The van der Waals surface area contributed by atoms with Crippen molar-refractivity contribution in [3.63, 3.8) is 0 Å². The fourth-order valence-corrected chi connectivity index (χ4v) is 4.17. The Labute approximate surface area is 181 Å². The highest BCUT2D eigenvalue weighted by molar-refractivity contribution is 5.73. The maximum atomic E-state index is 10.6. The molecule has 3 aliphatic heterocycles. The van der Waals surface area contributed by atoms with E-state index in [1.54, 1.807) is 0 Å². The standard InChI is InChI=1S/C18H21N3O4.C2HF3O2/c1-11-19-18(25-20-11)13-7-16-14(4-5-22-16)21(9-13)8-12-2-3-15-17(6-12)24-10-23-15;3-2(4,5)1(6)7/h2-3,6,13-14,16H,4-5,7-10H2,1H3;(H,6,7)/t13-,14-,16-;/m1./s1. The van der Waals surface area contributed by atoms with Crippen LogP contribution in [-0.2, 0) is 16.1 Å². The summed E-state index contributed by atoms with van der Waals surface area (Å²) >= 11 is 0. The monoisotopic (exact) mass is 457 g/mol. The van der Waals surface area contributed by atoms with Gasteiger partial charge in [0.15, 0.2) is 17.3 Å². The van der Waals surface area contributed by atoms with E-state index >= 15 is 0 Å². The number of ether oxygens (including phenoxy) is 3. The molecule has 9 nitrogen and oxygen atoms in total. The van der Waals surface area contributed by atoms with Gasteiger partial charge in [0.25, 0.3) is 0 Å². The van der Waals surface area contributed by atoms with Crippen LogP contribution in [0.25, 0.3) is 0 Å². The molecule has 32 heavy (non-hydrogen) atoms. The summed E-state index contributed by atoms with van der Waals surface area (Å²) in [5, 5.41) is 11.1. The third-order valence-electron chi connectivity index (χ3n) is 5.57. The van der Waals surface area contributed by atoms with Crippen LogP contribution < -0.4 is 9.47 Å². The van der Waals surface area contributed by atoms with Crippen LogP contribution in [0.1, 0.15) is 36.0 Å². The van der Waals surface area contributed by atoms with Crippen molar-refractivity contribution >= 4 is 5.97 Å². The lowest BCUT2D eigenvalue weighted by atomic mass is 9.89. The molecule has 0 bridgehead atoms. The summed E-state index contributed by atoms with van der Waals surface area (Å²) in [4.78, 5) is 15.8. The van der Waals surface area contributed by atoms with Crippen molar-refractivity contribution in [3.05, 3.63) is 35.5 Å². The second kappa shape index (κ2) is 8.94. The molecule has 2 saturated heterocycles. The predicted molar refractivity (Wildman–Crippen MR) is 101 cm³/mol. The summed E-state index contributed by atoms with van der Waals surface area (Å²) in [5.41, 5.74) is 1.22. The lowest BCUT2D eigenvalue weighted by molar-refractivity contribution is -0.192. The largest absolute Gasteiger partial charge is 0.490 e. The van der Waals surface area contributed by atoms with E-state index < -0.39 is 12.1 Å². The van der Waals surface area contributed by atoms with Crippen LogP contribution in [0.4, 0.5) is 13.2 Å². The fourth-order valence-electron chi connectivity index (χ4n) is 4.17. The molecule has 1 N–H and O–H groups in total. The highest BCUT2D eigenvalue weighted by atomic mass is 19.4. The van der Waals surface area contributed by atoms with Gasteiger partial charge in [-0.05, 0) is 37.5 Å². The lowest BCUT2D eigenvalue weighted by Crippen LogP contribution is -2.48. The summed E-state index contributed by atoms with van der Waals surface area (Å²) in [6.45, 7) is 4.74. The highest BCUT2D eigenvalue weighted by Gasteiger charge is 2.42. The molecule has 1 aromatic carbocycles. The Balaban J connectivity index is 0.000000307. The highest BCUT2D eigenvalue weighted by Crippen LogP contribution is 2.38. The van der Waals surface area contributed by atoms with Gasteiger partial charge in [-0.1, -0.05) is 11.2 Å². The van der Waals surface area contributed by atoms with Crippen LogP contribution in [0, 0.1) is 6.92 Å². The molecular formula is C20H22F3N3O6. The molecule has 0 amide bonds. The second-order valence-electron chi connectivity index (χ2n) is 7.80. The van der Waals surface area contributed by atoms with Gasteiger partial charge in [-0.15, -0.1) is 0 Å². The molecule has 0 saturated carbocycles. The topological polar surface area (TPSA) is 107 Å². The number of carboxylic acid groups (broad SMARTS) is 1. The number of nitrogens with zero attached hydrogens (tertiary/aromatic N) is 3. The summed E-state index contributed by atoms with van der Waals surface area (Å²) < 4.78 is 54.1. The average molecular weight is 457 g/mol. The SMILES string of the molecule is Cc1noc([C@@H]2C[C@H]3OCC[C@H]3N(Cc3ccc4c(c3)OCO4)C2)n1.O=C(O)C(F)(F)F. The summed E-state index contributed by atoms with van der Waals surface area (Å²) in [6, 6.07) is 6.63.